The summed E-state index contributed by atoms with van der Waals surface area (Å²) in [5.41, 5.74) is 2.71. The number of methoxy groups -OCH3 is 1. The van der Waals surface area contributed by atoms with Gasteiger partial charge in [0.25, 0.3) is 5.91 Å². The van der Waals surface area contributed by atoms with Crippen LogP contribution in [0, 0.1) is 0 Å². The van der Waals surface area contributed by atoms with Crippen molar-refractivity contribution in [2.24, 2.45) is 0 Å². The number of likely N-dealkylation sites (N-methyl/N-ethyl adjacent to an activating group) is 1. The molecule has 0 heterocycles. The summed E-state index contributed by atoms with van der Waals surface area (Å²) in [7, 11) is 1.62. The minimum atomic E-state index is -0.116. The number of carbonyl (C=O) groups is 1. The van der Waals surface area contributed by atoms with Gasteiger partial charge in [0.15, 0.2) is 11.5 Å². The van der Waals surface area contributed by atoms with Crippen molar-refractivity contribution >= 4 is 11.6 Å². The maximum absolute atomic E-state index is 12.8. The predicted molar refractivity (Wildman–Crippen MR) is 126 cm³/mol. The van der Waals surface area contributed by atoms with Crippen LogP contribution in [0.3, 0.4) is 0 Å². The fourth-order valence-electron chi connectivity index (χ4n) is 4.24. The number of amides is 1. The summed E-state index contributed by atoms with van der Waals surface area (Å²) < 4.78 is 11.4. The lowest BCUT2D eigenvalue weighted by molar-refractivity contribution is 0.102. The van der Waals surface area contributed by atoms with Crippen LogP contribution in [0.2, 0.25) is 0 Å². The van der Waals surface area contributed by atoms with Crippen molar-refractivity contribution in [3.05, 3.63) is 53.6 Å². The van der Waals surface area contributed by atoms with Crippen LogP contribution in [0.15, 0.2) is 42.5 Å². The summed E-state index contributed by atoms with van der Waals surface area (Å²) in [6.45, 7) is 7.68. The Bertz CT molecular complexity index is 825. The molecule has 5 nitrogen and oxygen atoms in total. The van der Waals surface area contributed by atoms with Gasteiger partial charge >= 0.3 is 0 Å². The summed E-state index contributed by atoms with van der Waals surface area (Å²) in [5.74, 6) is 1.83. The number of hydrogen-bond donors (Lipinski definition) is 1. The second-order valence-corrected chi connectivity index (χ2v) is 8.15. The minimum absolute atomic E-state index is 0.116. The van der Waals surface area contributed by atoms with Crippen LogP contribution in [0.25, 0.3) is 0 Å². The molecule has 2 aromatic rings. The topological polar surface area (TPSA) is 50.8 Å². The molecule has 5 heteroatoms. The highest BCUT2D eigenvalue weighted by molar-refractivity contribution is 6.04. The van der Waals surface area contributed by atoms with Crippen LogP contribution in [0.4, 0.5) is 5.69 Å². The minimum Gasteiger partial charge on any atom is -0.493 e. The average molecular weight is 425 g/mol. The Balaban J connectivity index is 1.62. The summed E-state index contributed by atoms with van der Waals surface area (Å²) in [4.78, 5) is 15.1. The lowest BCUT2D eigenvalue weighted by Crippen LogP contribution is -2.28. The molecule has 31 heavy (non-hydrogen) atoms. The smallest absolute Gasteiger partial charge is 0.255 e. The number of hydrogen-bond acceptors (Lipinski definition) is 4. The normalized spacial score (nSPS) is 14.5. The number of carbonyl (C=O) groups excluding carboxylic acids is 1. The van der Waals surface area contributed by atoms with Gasteiger partial charge in [0.2, 0.25) is 0 Å². The largest absolute Gasteiger partial charge is 0.493 e. The number of ether oxygens (including phenoxy) is 2. The van der Waals surface area contributed by atoms with Gasteiger partial charge in [-0.1, -0.05) is 45.2 Å². The SMILES string of the molecule is CCN(CC)CCOc1cc(NC(=O)c2ccc(C3CCCCC3)cc2)ccc1OC. The summed E-state index contributed by atoms with van der Waals surface area (Å²) in [6.07, 6.45) is 6.48. The first kappa shape index (κ1) is 23.1. The standard InChI is InChI=1S/C26H36N2O3/c1-4-28(5-2)17-18-31-25-19-23(15-16-24(25)30-3)27-26(29)22-13-11-21(12-14-22)20-9-7-6-8-10-20/h11-16,19-20H,4-10,17-18H2,1-3H3,(H,27,29). The first-order chi connectivity index (χ1) is 15.1. The van der Waals surface area contributed by atoms with Crippen LogP contribution < -0.4 is 14.8 Å². The number of benzene rings is 2. The third-order valence-electron chi connectivity index (χ3n) is 6.23. The summed E-state index contributed by atoms with van der Waals surface area (Å²) in [6, 6.07) is 13.6. The monoisotopic (exact) mass is 424 g/mol. The van der Waals surface area contributed by atoms with E-state index in [1.54, 1.807) is 7.11 Å². The molecule has 0 bridgehead atoms. The van der Waals surface area contributed by atoms with Gasteiger partial charge in [-0.15, -0.1) is 0 Å². The highest BCUT2D eigenvalue weighted by Crippen LogP contribution is 2.33. The molecule has 0 radical (unpaired) electrons. The van der Waals surface area contributed by atoms with Crippen LogP contribution >= 0.6 is 0 Å². The van der Waals surface area contributed by atoms with E-state index in [4.69, 9.17) is 9.47 Å². The van der Waals surface area contributed by atoms with Crippen LogP contribution in [-0.4, -0.2) is 44.2 Å². The Morgan fingerprint density at radius 3 is 2.35 bits per heavy atom. The van der Waals surface area contributed by atoms with Gasteiger partial charge < -0.3 is 19.7 Å². The van der Waals surface area contributed by atoms with Gasteiger partial charge in [-0.25, -0.2) is 0 Å². The Morgan fingerprint density at radius 1 is 1.00 bits per heavy atom. The van der Waals surface area contributed by atoms with E-state index in [1.165, 1.54) is 37.7 Å². The zero-order valence-electron chi connectivity index (χ0n) is 19.2. The van der Waals surface area contributed by atoms with E-state index in [-0.39, 0.29) is 5.91 Å². The molecular formula is C26H36N2O3. The average Bonchev–Trinajstić information content (AvgIpc) is 2.82. The number of nitrogens with one attached hydrogen (secondary N) is 1. The zero-order valence-corrected chi connectivity index (χ0v) is 19.2. The number of nitrogens with zero attached hydrogens (tertiary/aromatic N) is 1. The van der Waals surface area contributed by atoms with Crippen molar-refractivity contribution in [1.29, 1.82) is 0 Å². The fraction of sp³-hybridized carbons (Fsp3) is 0.500. The summed E-state index contributed by atoms with van der Waals surface area (Å²) >= 11 is 0. The van der Waals surface area contributed by atoms with Gasteiger partial charge in [0.1, 0.15) is 6.61 Å². The van der Waals surface area contributed by atoms with Gasteiger partial charge in [0.05, 0.1) is 7.11 Å². The lowest BCUT2D eigenvalue weighted by Gasteiger charge is -2.22. The number of rotatable bonds is 10. The molecule has 1 N–H and O–H groups in total. The second kappa shape index (κ2) is 11.8. The first-order valence-corrected chi connectivity index (χ1v) is 11.6. The van der Waals surface area contributed by atoms with Crippen LogP contribution in [-0.2, 0) is 0 Å². The van der Waals surface area contributed by atoms with Crippen molar-refractivity contribution in [1.82, 2.24) is 4.90 Å². The Hall–Kier alpha value is -2.53. The maximum Gasteiger partial charge on any atom is 0.255 e. The highest BCUT2D eigenvalue weighted by atomic mass is 16.5. The molecule has 1 aliphatic rings. The van der Waals surface area contributed by atoms with E-state index < -0.39 is 0 Å². The van der Waals surface area contributed by atoms with Crippen molar-refractivity contribution in [2.45, 2.75) is 51.9 Å². The third kappa shape index (κ3) is 6.47. The van der Waals surface area contributed by atoms with Crippen molar-refractivity contribution < 1.29 is 14.3 Å². The molecule has 2 aromatic carbocycles. The molecule has 0 atom stereocenters. The van der Waals surface area contributed by atoms with E-state index in [0.29, 0.717) is 35.3 Å². The summed E-state index contributed by atoms with van der Waals surface area (Å²) in [5, 5.41) is 2.99. The lowest BCUT2D eigenvalue weighted by atomic mass is 9.84. The van der Waals surface area contributed by atoms with Crippen LogP contribution in [0.5, 0.6) is 11.5 Å². The third-order valence-corrected chi connectivity index (χ3v) is 6.23. The van der Waals surface area contributed by atoms with Crippen LogP contribution in [0.1, 0.15) is 67.8 Å². The van der Waals surface area contributed by atoms with E-state index in [9.17, 15) is 4.79 Å². The molecule has 1 aliphatic carbocycles. The molecule has 0 unspecified atom stereocenters. The van der Waals surface area contributed by atoms with E-state index >= 15 is 0 Å². The first-order valence-electron chi connectivity index (χ1n) is 11.6. The molecule has 168 valence electrons. The molecule has 1 fully saturated rings. The molecule has 1 saturated carbocycles. The zero-order chi connectivity index (χ0) is 22.1. The number of anilines is 1. The maximum atomic E-state index is 12.8. The van der Waals surface area contributed by atoms with Gasteiger partial charge in [-0.2, -0.15) is 0 Å². The Morgan fingerprint density at radius 2 is 1.71 bits per heavy atom. The molecule has 0 saturated heterocycles. The molecule has 1 amide bonds. The van der Waals surface area contributed by atoms with E-state index in [2.05, 4.69) is 36.2 Å². The van der Waals surface area contributed by atoms with E-state index in [1.807, 2.05) is 30.3 Å². The highest BCUT2D eigenvalue weighted by Gasteiger charge is 2.16. The predicted octanol–water partition coefficient (Wildman–Crippen LogP) is 5.72. The Labute approximate surface area is 186 Å². The molecule has 0 aliphatic heterocycles. The van der Waals surface area contributed by atoms with Gasteiger partial charge in [-0.05, 0) is 61.7 Å². The van der Waals surface area contributed by atoms with Crippen molar-refractivity contribution in [3.8, 4) is 11.5 Å². The van der Waals surface area contributed by atoms with E-state index in [0.717, 1.165) is 19.6 Å². The molecule has 0 spiro atoms. The quantitative estimate of drug-likeness (QED) is 0.530. The fourth-order valence-corrected chi connectivity index (χ4v) is 4.24. The Kier molecular flexibility index (Phi) is 8.77. The second-order valence-electron chi connectivity index (χ2n) is 8.15. The van der Waals surface area contributed by atoms with Crippen molar-refractivity contribution in [2.75, 3.05) is 38.7 Å². The molecular weight excluding hydrogens is 388 g/mol. The van der Waals surface area contributed by atoms with Gasteiger partial charge in [-0.3, -0.25) is 4.79 Å². The van der Waals surface area contributed by atoms with Crippen molar-refractivity contribution in [3.63, 3.8) is 0 Å². The van der Waals surface area contributed by atoms with Gasteiger partial charge in [0, 0.05) is 23.9 Å². The molecule has 0 aromatic heterocycles. The molecule has 3 rings (SSSR count).